The van der Waals surface area contributed by atoms with Crippen LogP contribution in [-0.2, 0) is 0 Å². The van der Waals surface area contributed by atoms with Crippen LogP contribution in [0.25, 0.3) is 30.5 Å². The molecule has 0 amide bonds. The van der Waals surface area contributed by atoms with Crippen LogP contribution in [0.3, 0.4) is 0 Å². The Morgan fingerprint density at radius 1 is 1.22 bits per heavy atom. The molecule has 0 bridgehead atoms. The van der Waals surface area contributed by atoms with Crippen molar-refractivity contribution in [3.8, 4) is 0 Å². The van der Waals surface area contributed by atoms with Crippen LogP contribution in [-0.4, -0.2) is 29.5 Å². The number of benzene rings is 1. The second kappa shape index (κ2) is 3.51. The van der Waals surface area contributed by atoms with E-state index in [0.29, 0.717) is 0 Å². The molecule has 0 aliphatic heterocycles. The normalized spacial score (nSPS) is 11.6. The van der Waals surface area contributed by atoms with Gasteiger partial charge in [0.25, 0.3) is 0 Å². The molecule has 5 heteroatoms. The Balaban J connectivity index is 2.31. The van der Waals surface area contributed by atoms with Gasteiger partial charge in [0.1, 0.15) is 0 Å². The van der Waals surface area contributed by atoms with Crippen LogP contribution < -0.4 is 5.56 Å². The second-order valence-electron chi connectivity index (χ2n) is 4.05. The fraction of sp³-hybridized carbons (Fsp3) is 0. The molecule has 0 spiro atoms. The molecule has 0 unspecified atom stereocenters. The average Bonchev–Trinajstić information content (AvgIpc) is 2.76. The summed E-state index contributed by atoms with van der Waals surface area (Å²) in [5, 5.41) is 2.09. The van der Waals surface area contributed by atoms with Crippen LogP contribution in [0.15, 0.2) is 41.5 Å². The van der Waals surface area contributed by atoms with Gasteiger partial charge >= 0.3 is 107 Å². The van der Waals surface area contributed by atoms with Gasteiger partial charge in [0.2, 0.25) is 0 Å². The van der Waals surface area contributed by atoms with E-state index in [-0.39, 0.29) is 20.1 Å². The third-order valence-corrected chi connectivity index (χ3v) is 5.23. The van der Waals surface area contributed by atoms with E-state index in [0.717, 1.165) is 30.5 Å². The molecule has 0 aliphatic carbocycles. The zero-order valence-electron chi connectivity index (χ0n) is 9.18. The summed E-state index contributed by atoms with van der Waals surface area (Å²) in [6.45, 7) is 0. The number of aromatic amines is 1. The standard InChI is InChI=1S/C13H7N3OSe/c17-12-11-10(14-6-15-12)8-5-7-3-1-2-4-9(7)16-13(8)18-11/h1-6H,(H,14,15,17). The first-order valence-electron chi connectivity index (χ1n) is 5.48. The second-order valence-corrected chi connectivity index (χ2v) is 6.14. The van der Waals surface area contributed by atoms with Crippen LogP contribution in [0.4, 0.5) is 0 Å². The summed E-state index contributed by atoms with van der Waals surface area (Å²) >= 11 is -0.0451. The Bertz CT molecular complexity index is 955. The molecule has 3 heterocycles. The van der Waals surface area contributed by atoms with Gasteiger partial charge in [-0.15, -0.1) is 0 Å². The first-order valence-corrected chi connectivity index (χ1v) is 7.20. The number of aromatic nitrogens is 3. The Morgan fingerprint density at radius 2 is 2.11 bits per heavy atom. The van der Waals surface area contributed by atoms with Crippen molar-refractivity contribution in [3.05, 3.63) is 47.0 Å². The van der Waals surface area contributed by atoms with E-state index in [9.17, 15) is 4.79 Å². The molecule has 0 atom stereocenters. The summed E-state index contributed by atoms with van der Waals surface area (Å²) in [5.41, 5.74) is 1.73. The van der Waals surface area contributed by atoms with Crippen LogP contribution >= 0.6 is 0 Å². The average molecular weight is 300 g/mol. The molecule has 1 N–H and O–H groups in total. The maximum absolute atomic E-state index is 11.8. The van der Waals surface area contributed by atoms with Crippen molar-refractivity contribution in [2.24, 2.45) is 0 Å². The van der Waals surface area contributed by atoms with Crippen LogP contribution in [0.2, 0.25) is 0 Å². The molecule has 18 heavy (non-hydrogen) atoms. The van der Waals surface area contributed by atoms with E-state index in [1.807, 2.05) is 24.3 Å². The minimum absolute atomic E-state index is 0.0398. The molecule has 0 saturated heterocycles. The number of hydrogen-bond donors (Lipinski definition) is 1. The van der Waals surface area contributed by atoms with Crippen molar-refractivity contribution in [1.82, 2.24) is 15.0 Å². The summed E-state index contributed by atoms with van der Waals surface area (Å²) in [6.07, 6.45) is 1.46. The molecule has 3 aromatic heterocycles. The number of pyridine rings is 1. The number of nitrogens with zero attached hydrogens (tertiary/aromatic N) is 2. The molecular weight excluding hydrogens is 293 g/mol. The van der Waals surface area contributed by atoms with Gasteiger partial charge in [0.15, 0.2) is 0 Å². The summed E-state index contributed by atoms with van der Waals surface area (Å²) in [4.78, 5) is 23.3. The molecule has 0 radical (unpaired) electrons. The van der Waals surface area contributed by atoms with Gasteiger partial charge in [-0.05, 0) is 0 Å². The zero-order valence-corrected chi connectivity index (χ0v) is 10.9. The van der Waals surface area contributed by atoms with E-state index >= 15 is 0 Å². The SMILES string of the molecule is O=c1[nH]cnc2c1[se]c1nc3ccccc3cc12. The molecule has 0 saturated carbocycles. The quantitative estimate of drug-likeness (QED) is 0.503. The fourth-order valence-electron chi connectivity index (χ4n) is 2.12. The molecule has 4 nitrogen and oxygen atoms in total. The van der Waals surface area contributed by atoms with Crippen LogP contribution in [0, 0.1) is 0 Å². The van der Waals surface area contributed by atoms with Crippen LogP contribution in [0.1, 0.15) is 0 Å². The summed E-state index contributed by atoms with van der Waals surface area (Å²) in [5.74, 6) is 0. The molecule has 1 aromatic carbocycles. The van der Waals surface area contributed by atoms with E-state index in [1.165, 1.54) is 6.33 Å². The third kappa shape index (κ3) is 1.29. The molecule has 0 fully saturated rings. The summed E-state index contributed by atoms with van der Waals surface area (Å²) < 4.78 is 1.78. The van der Waals surface area contributed by atoms with Crippen LogP contribution in [0.5, 0.6) is 0 Å². The van der Waals surface area contributed by atoms with Gasteiger partial charge < -0.3 is 0 Å². The molecule has 4 aromatic rings. The Kier molecular flexibility index (Phi) is 1.95. The van der Waals surface area contributed by atoms with E-state index in [4.69, 9.17) is 0 Å². The molecule has 86 valence electrons. The van der Waals surface area contributed by atoms with Gasteiger partial charge in [0.05, 0.1) is 0 Å². The maximum atomic E-state index is 11.8. The third-order valence-electron chi connectivity index (χ3n) is 2.95. The van der Waals surface area contributed by atoms with Crippen molar-refractivity contribution in [2.45, 2.75) is 0 Å². The van der Waals surface area contributed by atoms with Gasteiger partial charge in [-0.1, -0.05) is 0 Å². The van der Waals surface area contributed by atoms with Crippen molar-refractivity contribution >= 4 is 45.0 Å². The number of H-pyrrole nitrogens is 1. The molecular formula is C13H7N3OSe. The van der Waals surface area contributed by atoms with Gasteiger partial charge in [-0.2, -0.15) is 0 Å². The topological polar surface area (TPSA) is 58.6 Å². The Labute approximate surface area is 107 Å². The number of hydrogen-bond acceptors (Lipinski definition) is 3. The number of para-hydroxylation sites is 1. The summed E-state index contributed by atoms with van der Waals surface area (Å²) in [7, 11) is 0. The summed E-state index contributed by atoms with van der Waals surface area (Å²) in [6, 6.07) is 10.1. The zero-order chi connectivity index (χ0) is 12.1. The monoisotopic (exact) mass is 301 g/mol. The predicted octanol–water partition coefficient (Wildman–Crippen LogP) is 1.68. The minimum atomic E-state index is -0.0451. The Morgan fingerprint density at radius 3 is 3.06 bits per heavy atom. The van der Waals surface area contributed by atoms with E-state index < -0.39 is 0 Å². The van der Waals surface area contributed by atoms with E-state index in [1.54, 1.807) is 0 Å². The van der Waals surface area contributed by atoms with Gasteiger partial charge in [0, 0.05) is 0 Å². The van der Waals surface area contributed by atoms with Gasteiger partial charge in [-0.25, -0.2) is 0 Å². The fourth-order valence-corrected chi connectivity index (χ4v) is 4.24. The van der Waals surface area contributed by atoms with Crippen molar-refractivity contribution in [1.29, 1.82) is 0 Å². The molecule has 4 rings (SSSR count). The number of rotatable bonds is 0. The number of nitrogens with one attached hydrogen (secondary N) is 1. The molecule has 0 aliphatic rings. The predicted molar refractivity (Wildman–Crippen MR) is 72.1 cm³/mol. The van der Waals surface area contributed by atoms with Crippen molar-refractivity contribution in [3.63, 3.8) is 0 Å². The van der Waals surface area contributed by atoms with Crippen molar-refractivity contribution in [2.75, 3.05) is 0 Å². The van der Waals surface area contributed by atoms with Crippen molar-refractivity contribution < 1.29 is 0 Å². The Hall–Kier alpha value is -1.97. The van der Waals surface area contributed by atoms with Gasteiger partial charge in [-0.3, -0.25) is 0 Å². The number of fused-ring (bicyclic) bond motifs is 4. The first-order chi connectivity index (χ1) is 8.83. The van der Waals surface area contributed by atoms with E-state index in [2.05, 4.69) is 21.0 Å². The first kappa shape index (κ1) is 10.00.